The van der Waals surface area contributed by atoms with Crippen molar-refractivity contribution in [1.82, 2.24) is 4.98 Å². The molecule has 146 valence electrons. The summed E-state index contributed by atoms with van der Waals surface area (Å²) in [4.78, 5) is 15.2. The predicted octanol–water partition coefficient (Wildman–Crippen LogP) is 6.01. The number of rotatable bonds is 6. The maximum atomic E-state index is 11.3. The predicted molar refractivity (Wildman–Crippen MR) is 114 cm³/mol. The van der Waals surface area contributed by atoms with E-state index in [1.165, 1.54) is 36.8 Å². The molecule has 1 heterocycles. The van der Waals surface area contributed by atoms with Gasteiger partial charge in [0.2, 0.25) is 0 Å². The Labute approximate surface area is 179 Å². The molecule has 0 bridgehead atoms. The van der Waals surface area contributed by atoms with Crippen molar-refractivity contribution in [3.63, 3.8) is 0 Å². The van der Waals surface area contributed by atoms with E-state index in [0.717, 1.165) is 5.56 Å². The molecule has 0 spiro atoms. The monoisotopic (exact) mass is 446 g/mol. The number of nitriles is 1. The lowest BCUT2D eigenvalue weighted by atomic mass is 10.2. The van der Waals surface area contributed by atoms with Crippen LogP contribution in [0.2, 0.25) is 10.0 Å². The van der Waals surface area contributed by atoms with Crippen molar-refractivity contribution in [3.05, 3.63) is 73.1 Å². The van der Waals surface area contributed by atoms with E-state index in [4.69, 9.17) is 27.9 Å². The minimum Gasteiger partial charge on any atom is -0.496 e. The van der Waals surface area contributed by atoms with Gasteiger partial charge in [0.25, 0.3) is 5.69 Å². The molecule has 10 heteroatoms. The van der Waals surface area contributed by atoms with Crippen LogP contribution in [-0.4, -0.2) is 17.0 Å². The number of aromatic nitrogens is 1. The molecule has 0 saturated carbocycles. The van der Waals surface area contributed by atoms with E-state index in [9.17, 15) is 15.4 Å². The van der Waals surface area contributed by atoms with Gasteiger partial charge in [-0.2, -0.15) is 5.26 Å². The molecule has 7 nitrogen and oxygen atoms in total. The number of ether oxygens (including phenoxy) is 1. The number of methoxy groups -OCH3 is 1. The van der Waals surface area contributed by atoms with E-state index in [2.05, 4.69) is 10.3 Å². The Hall–Kier alpha value is -3.12. The highest BCUT2D eigenvalue weighted by Gasteiger charge is 2.15. The molecule has 3 aromatic rings. The average molecular weight is 447 g/mol. The summed E-state index contributed by atoms with van der Waals surface area (Å²) >= 11 is 13.2. The Morgan fingerprint density at radius 3 is 2.76 bits per heavy atom. The second-order valence-corrected chi connectivity index (χ2v) is 7.29. The first-order chi connectivity index (χ1) is 13.9. The van der Waals surface area contributed by atoms with Crippen molar-refractivity contribution in [2.24, 2.45) is 0 Å². The van der Waals surface area contributed by atoms with Crippen LogP contribution < -0.4 is 10.1 Å². The first-order valence-electron chi connectivity index (χ1n) is 8.03. The van der Waals surface area contributed by atoms with Crippen molar-refractivity contribution < 1.29 is 9.66 Å². The maximum Gasteiger partial charge on any atom is 0.296 e. The van der Waals surface area contributed by atoms with E-state index < -0.39 is 4.92 Å². The third kappa shape index (κ3) is 4.66. The van der Waals surface area contributed by atoms with Gasteiger partial charge in [0, 0.05) is 17.1 Å². The van der Waals surface area contributed by atoms with Gasteiger partial charge >= 0.3 is 0 Å². The van der Waals surface area contributed by atoms with Crippen LogP contribution in [0, 0.1) is 21.4 Å². The van der Waals surface area contributed by atoms with E-state index >= 15 is 0 Å². The number of allylic oxidation sites excluding steroid dienone is 1. The molecule has 0 aliphatic heterocycles. The summed E-state index contributed by atoms with van der Waals surface area (Å²) < 4.78 is 5.01. The smallest absolute Gasteiger partial charge is 0.296 e. The third-order valence-corrected chi connectivity index (χ3v) is 5.46. The molecular weight excluding hydrogens is 435 g/mol. The summed E-state index contributed by atoms with van der Waals surface area (Å²) in [6.45, 7) is 0. The van der Waals surface area contributed by atoms with Crippen LogP contribution in [0.15, 0.2) is 48.0 Å². The topological polar surface area (TPSA) is 101 Å². The fraction of sp³-hybridized carbons (Fsp3) is 0.0526. The van der Waals surface area contributed by atoms with Crippen LogP contribution in [0.1, 0.15) is 5.01 Å². The molecule has 0 saturated heterocycles. The van der Waals surface area contributed by atoms with E-state index in [1.54, 1.807) is 29.6 Å². The van der Waals surface area contributed by atoms with Crippen LogP contribution in [-0.2, 0) is 0 Å². The van der Waals surface area contributed by atoms with Crippen LogP contribution in [0.4, 0.5) is 11.4 Å². The third-order valence-electron chi connectivity index (χ3n) is 3.84. The van der Waals surface area contributed by atoms with Crippen molar-refractivity contribution >= 4 is 51.5 Å². The number of hydrogen-bond donors (Lipinski definition) is 1. The van der Waals surface area contributed by atoms with Gasteiger partial charge in [0.1, 0.15) is 28.1 Å². The molecule has 0 atom stereocenters. The maximum absolute atomic E-state index is 11.3. The molecule has 0 radical (unpaired) electrons. The minimum absolute atomic E-state index is 0.173. The number of halogens is 2. The Kier molecular flexibility index (Phi) is 6.34. The number of nitro groups is 1. The number of nitro benzene ring substituents is 1. The second kappa shape index (κ2) is 8.92. The number of benzene rings is 2. The van der Waals surface area contributed by atoms with Gasteiger partial charge < -0.3 is 10.1 Å². The molecule has 1 N–H and O–H groups in total. The summed E-state index contributed by atoms with van der Waals surface area (Å²) in [5.74, 6) is 0.359. The van der Waals surface area contributed by atoms with Crippen LogP contribution in [0.25, 0.3) is 16.8 Å². The first-order valence-corrected chi connectivity index (χ1v) is 9.67. The number of nitrogens with one attached hydrogen (secondary N) is 1. The molecule has 0 fully saturated rings. The molecule has 3 rings (SSSR count). The fourth-order valence-electron chi connectivity index (χ4n) is 2.39. The Balaban J connectivity index is 1.88. The molecule has 0 unspecified atom stereocenters. The number of thiazole rings is 1. The zero-order chi connectivity index (χ0) is 21.0. The largest absolute Gasteiger partial charge is 0.496 e. The lowest BCUT2D eigenvalue weighted by Crippen LogP contribution is -1.98. The Bertz CT molecular complexity index is 1150. The number of anilines is 1. The summed E-state index contributed by atoms with van der Waals surface area (Å²) in [7, 11) is 1.42. The number of hydrogen-bond acceptors (Lipinski definition) is 7. The standard InChI is InChI=1S/C19H12Cl2N4O3S/c1-28-13-3-5-16(18(7-13)25(26)27)23-9-12(8-22)19-24-17(10-29-19)11-2-4-14(20)15(21)6-11/h2-7,9-10,23H,1H3/b12-9+. The highest BCUT2D eigenvalue weighted by Crippen LogP contribution is 2.32. The van der Waals surface area contributed by atoms with Crippen molar-refractivity contribution in [2.45, 2.75) is 0 Å². The minimum atomic E-state index is -0.531. The lowest BCUT2D eigenvalue weighted by Gasteiger charge is -2.05. The Morgan fingerprint density at radius 1 is 1.31 bits per heavy atom. The van der Waals surface area contributed by atoms with E-state index in [1.807, 2.05) is 6.07 Å². The summed E-state index contributed by atoms with van der Waals surface area (Å²) in [6, 6.07) is 11.6. The zero-order valence-corrected chi connectivity index (χ0v) is 17.2. The van der Waals surface area contributed by atoms with Gasteiger partial charge in [0.05, 0.1) is 33.8 Å². The van der Waals surface area contributed by atoms with Crippen molar-refractivity contribution in [3.8, 4) is 23.1 Å². The van der Waals surface area contributed by atoms with Crippen LogP contribution in [0.3, 0.4) is 0 Å². The molecule has 1 aromatic heterocycles. The van der Waals surface area contributed by atoms with Gasteiger partial charge in [-0.25, -0.2) is 4.98 Å². The van der Waals surface area contributed by atoms with Gasteiger partial charge in [-0.3, -0.25) is 10.1 Å². The second-order valence-electron chi connectivity index (χ2n) is 5.62. The summed E-state index contributed by atoms with van der Waals surface area (Å²) in [5, 5.41) is 26.7. The zero-order valence-electron chi connectivity index (χ0n) is 14.8. The molecule has 0 amide bonds. The highest BCUT2D eigenvalue weighted by atomic mass is 35.5. The Morgan fingerprint density at radius 2 is 2.10 bits per heavy atom. The summed E-state index contributed by atoms with van der Waals surface area (Å²) in [6.07, 6.45) is 1.38. The lowest BCUT2D eigenvalue weighted by molar-refractivity contribution is -0.384. The van der Waals surface area contributed by atoms with Gasteiger partial charge in [-0.15, -0.1) is 11.3 Å². The van der Waals surface area contributed by atoms with Gasteiger partial charge in [-0.1, -0.05) is 29.3 Å². The molecular formula is C19H12Cl2N4O3S. The first kappa shape index (κ1) is 20.6. The van der Waals surface area contributed by atoms with Crippen LogP contribution >= 0.6 is 34.5 Å². The van der Waals surface area contributed by atoms with Crippen molar-refractivity contribution in [1.29, 1.82) is 5.26 Å². The van der Waals surface area contributed by atoms with Crippen LogP contribution in [0.5, 0.6) is 5.75 Å². The van der Waals surface area contributed by atoms with Gasteiger partial charge in [0.15, 0.2) is 0 Å². The normalized spacial score (nSPS) is 11.0. The van der Waals surface area contributed by atoms with Gasteiger partial charge in [-0.05, 0) is 24.3 Å². The average Bonchev–Trinajstić information content (AvgIpc) is 3.20. The highest BCUT2D eigenvalue weighted by molar-refractivity contribution is 7.11. The summed E-state index contributed by atoms with van der Waals surface area (Å²) in [5.41, 5.74) is 1.68. The quantitative estimate of drug-likeness (QED) is 0.282. The van der Waals surface area contributed by atoms with E-state index in [-0.39, 0.29) is 16.9 Å². The van der Waals surface area contributed by atoms with Crippen molar-refractivity contribution in [2.75, 3.05) is 12.4 Å². The SMILES string of the molecule is COc1ccc(N/C=C(\C#N)c2nc(-c3ccc(Cl)c(Cl)c3)cs2)c([N+](=O)[O-])c1. The molecule has 29 heavy (non-hydrogen) atoms. The molecule has 2 aromatic carbocycles. The number of nitrogens with zero attached hydrogens (tertiary/aromatic N) is 3. The fourth-order valence-corrected chi connectivity index (χ4v) is 3.48. The molecule has 0 aliphatic rings. The van der Waals surface area contributed by atoms with E-state index in [0.29, 0.717) is 26.5 Å². The molecule has 0 aliphatic carbocycles.